The van der Waals surface area contributed by atoms with Gasteiger partial charge in [0.2, 0.25) is 0 Å². The van der Waals surface area contributed by atoms with Gasteiger partial charge in [-0.25, -0.2) is 18.5 Å². The van der Waals surface area contributed by atoms with Gasteiger partial charge in [-0.1, -0.05) is 43.3 Å². The summed E-state index contributed by atoms with van der Waals surface area (Å²) in [5, 5.41) is 9.13. The van der Waals surface area contributed by atoms with Gasteiger partial charge in [-0.05, 0) is 29.2 Å². The number of hydrogen-bond acceptors (Lipinski definition) is 6. The van der Waals surface area contributed by atoms with E-state index in [0.717, 1.165) is 11.1 Å². The van der Waals surface area contributed by atoms with Crippen LogP contribution in [0, 0.1) is 5.41 Å². The number of sulfonamides is 1. The molecule has 0 bridgehead atoms. The summed E-state index contributed by atoms with van der Waals surface area (Å²) in [7, 11) is -3.80. The maximum Gasteiger partial charge on any atom is 0.257 e. The van der Waals surface area contributed by atoms with Crippen LogP contribution in [0.25, 0.3) is 11.5 Å². The molecule has 1 aromatic carbocycles. The first kappa shape index (κ1) is 16.9. The summed E-state index contributed by atoms with van der Waals surface area (Å²) in [6.07, 6.45) is 1.56. The molecular formula is C18H18N4O3S. The summed E-state index contributed by atoms with van der Waals surface area (Å²) in [5.74, 6) is 1.34. The van der Waals surface area contributed by atoms with E-state index in [2.05, 4.69) is 29.0 Å². The average molecular weight is 370 g/mol. The zero-order valence-electron chi connectivity index (χ0n) is 14.3. The highest BCUT2D eigenvalue weighted by Crippen LogP contribution is 2.69. The van der Waals surface area contributed by atoms with E-state index in [1.807, 2.05) is 30.3 Å². The molecule has 1 fully saturated rings. The summed E-state index contributed by atoms with van der Waals surface area (Å²) in [5.41, 5.74) is 1.72. The lowest BCUT2D eigenvalue weighted by molar-refractivity contribution is 0.419. The summed E-state index contributed by atoms with van der Waals surface area (Å²) in [6, 6.07) is 12.8. The van der Waals surface area contributed by atoms with Gasteiger partial charge in [-0.3, -0.25) is 0 Å². The molecule has 2 atom stereocenters. The van der Waals surface area contributed by atoms with E-state index in [4.69, 9.17) is 9.66 Å². The second kappa shape index (κ2) is 5.72. The highest BCUT2D eigenvalue weighted by molar-refractivity contribution is 7.89. The van der Waals surface area contributed by atoms with Crippen LogP contribution >= 0.6 is 0 Å². The van der Waals surface area contributed by atoms with Crippen molar-refractivity contribution in [2.24, 2.45) is 10.6 Å². The van der Waals surface area contributed by atoms with Crippen LogP contribution < -0.4 is 5.14 Å². The fourth-order valence-electron chi connectivity index (χ4n) is 3.54. The Morgan fingerprint density at radius 2 is 1.81 bits per heavy atom. The van der Waals surface area contributed by atoms with Gasteiger partial charge in [-0.2, -0.15) is 4.98 Å². The Hall–Kier alpha value is -2.58. The lowest BCUT2D eigenvalue weighted by Gasteiger charge is -2.03. The van der Waals surface area contributed by atoms with Gasteiger partial charge >= 0.3 is 0 Å². The third kappa shape index (κ3) is 2.81. The van der Waals surface area contributed by atoms with Crippen LogP contribution in [0.15, 0.2) is 58.2 Å². The molecule has 2 heterocycles. The number of hydrogen-bond donors (Lipinski definition) is 1. The zero-order valence-corrected chi connectivity index (χ0v) is 15.1. The van der Waals surface area contributed by atoms with Crippen molar-refractivity contribution in [1.29, 1.82) is 0 Å². The van der Waals surface area contributed by atoms with Crippen LogP contribution in [0.3, 0.4) is 0 Å². The van der Waals surface area contributed by atoms with E-state index < -0.39 is 10.0 Å². The van der Waals surface area contributed by atoms with E-state index in [1.165, 1.54) is 6.07 Å². The number of nitrogens with two attached hydrogens (primary N) is 1. The van der Waals surface area contributed by atoms with Gasteiger partial charge in [0.05, 0.1) is 0 Å². The molecule has 0 amide bonds. The highest BCUT2D eigenvalue weighted by Gasteiger charge is 2.61. The molecule has 8 heteroatoms. The van der Waals surface area contributed by atoms with E-state index in [9.17, 15) is 8.42 Å². The first-order chi connectivity index (χ1) is 12.3. The molecule has 4 rings (SSSR count). The van der Waals surface area contributed by atoms with Crippen molar-refractivity contribution in [2.45, 2.75) is 30.7 Å². The van der Waals surface area contributed by atoms with Crippen molar-refractivity contribution in [3.63, 3.8) is 0 Å². The number of pyridine rings is 1. The van der Waals surface area contributed by atoms with Crippen molar-refractivity contribution in [3.8, 4) is 11.5 Å². The second-order valence-corrected chi connectivity index (χ2v) is 8.58. The molecule has 3 aromatic rings. The largest absolute Gasteiger partial charge is 0.334 e. The Kier molecular flexibility index (Phi) is 3.71. The number of benzene rings is 1. The van der Waals surface area contributed by atoms with Crippen LogP contribution in [-0.4, -0.2) is 23.5 Å². The molecule has 1 saturated carbocycles. The molecule has 2 unspecified atom stereocenters. The topological polar surface area (TPSA) is 112 Å². The fourth-order valence-corrected chi connectivity index (χ4v) is 4.00. The van der Waals surface area contributed by atoms with Gasteiger partial charge < -0.3 is 4.52 Å². The van der Waals surface area contributed by atoms with Gasteiger partial charge in [0.25, 0.3) is 15.9 Å². The van der Waals surface area contributed by atoms with Gasteiger partial charge in [0.1, 0.15) is 0 Å². The summed E-state index contributed by atoms with van der Waals surface area (Å²) < 4.78 is 28.1. The van der Waals surface area contributed by atoms with Gasteiger partial charge in [-0.15, -0.1) is 0 Å². The number of primary sulfonamides is 1. The Morgan fingerprint density at radius 3 is 2.42 bits per heavy atom. The molecule has 2 aromatic heterocycles. The molecule has 134 valence electrons. The minimum Gasteiger partial charge on any atom is -0.334 e. The van der Waals surface area contributed by atoms with Crippen LogP contribution in [-0.2, 0) is 10.0 Å². The van der Waals surface area contributed by atoms with E-state index in [-0.39, 0.29) is 22.3 Å². The summed E-state index contributed by atoms with van der Waals surface area (Å²) >= 11 is 0. The molecule has 0 spiro atoms. The van der Waals surface area contributed by atoms with E-state index in [0.29, 0.717) is 11.7 Å². The average Bonchev–Trinajstić information content (AvgIpc) is 2.95. The predicted octanol–water partition coefficient (Wildman–Crippen LogP) is 2.69. The third-order valence-corrected chi connectivity index (χ3v) is 5.80. The van der Waals surface area contributed by atoms with Crippen LogP contribution in [0.4, 0.5) is 0 Å². The monoisotopic (exact) mass is 370 g/mol. The van der Waals surface area contributed by atoms with E-state index in [1.54, 1.807) is 12.3 Å². The number of rotatable bonds is 4. The lowest BCUT2D eigenvalue weighted by atomic mass is 10.1. The first-order valence-corrected chi connectivity index (χ1v) is 9.71. The van der Waals surface area contributed by atoms with Crippen molar-refractivity contribution in [3.05, 3.63) is 60.0 Å². The van der Waals surface area contributed by atoms with Crippen molar-refractivity contribution < 1.29 is 12.9 Å². The van der Waals surface area contributed by atoms with Crippen LogP contribution in [0.1, 0.15) is 37.1 Å². The minimum atomic E-state index is -3.80. The first-order valence-electron chi connectivity index (χ1n) is 8.16. The Balaban J connectivity index is 1.62. The number of nitrogens with zero attached hydrogens (tertiary/aromatic N) is 3. The SMILES string of the molecule is CC1(C)C(c2ccc(S(N)(=O)=O)nc2)C1c1noc(-c2ccccc2)n1. The smallest absolute Gasteiger partial charge is 0.257 e. The highest BCUT2D eigenvalue weighted by atomic mass is 32.2. The van der Waals surface area contributed by atoms with E-state index >= 15 is 0 Å². The molecule has 0 saturated heterocycles. The molecule has 7 nitrogen and oxygen atoms in total. The predicted molar refractivity (Wildman–Crippen MR) is 94.6 cm³/mol. The van der Waals surface area contributed by atoms with Gasteiger partial charge in [0, 0.05) is 23.6 Å². The number of aromatic nitrogens is 3. The van der Waals surface area contributed by atoms with Crippen LogP contribution in [0.2, 0.25) is 0 Å². The summed E-state index contributed by atoms with van der Waals surface area (Å²) in [4.78, 5) is 8.54. The quantitative estimate of drug-likeness (QED) is 0.755. The Labute approximate surface area is 151 Å². The minimum absolute atomic E-state index is 0.0749. The normalized spacial score (nSPS) is 21.5. The molecule has 26 heavy (non-hydrogen) atoms. The molecule has 1 aliphatic carbocycles. The third-order valence-electron chi connectivity index (χ3n) is 4.98. The zero-order chi connectivity index (χ0) is 18.5. The fraction of sp³-hybridized carbons (Fsp3) is 0.278. The van der Waals surface area contributed by atoms with Crippen molar-refractivity contribution >= 4 is 10.0 Å². The molecular weight excluding hydrogens is 352 g/mol. The standard InChI is InChI=1S/C18H18N4O3S/c1-18(2)14(12-8-9-13(20-10-12)26(19,23)24)15(18)16-21-17(25-22-16)11-6-4-3-5-7-11/h3-10,14-15H,1-2H3,(H2,19,23,24). The van der Waals surface area contributed by atoms with Crippen LogP contribution in [0.5, 0.6) is 0 Å². The molecule has 1 aliphatic rings. The maximum absolute atomic E-state index is 11.4. The molecule has 0 radical (unpaired) electrons. The van der Waals surface area contributed by atoms with Crippen molar-refractivity contribution in [1.82, 2.24) is 15.1 Å². The van der Waals surface area contributed by atoms with Gasteiger partial charge in [0.15, 0.2) is 10.9 Å². The second-order valence-electron chi connectivity index (χ2n) is 7.08. The van der Waals surface area contributed by atoms with Crippen molar-refractivity contribution in [2.75, 3.05) is 0 Å². The Morgan fingerprint density at radius 1 is 1.08 bits per heavy atom. The Bertz CT molecular complexity index is 1040. The lowest BCUT2D eigenvalue weighted by Crippen LogP contribution is -2.13. The molecule has 2 N–H and O–H groups in total. The molecule has 0 aliphatic heterocycles. The maximum atomic E-state index is 11.4. The summed E-state index contributed by atoms with van der Waals surface area (Å²) in [6.45, 7) is 4.24.